The molecule has 3 rings (SSSR count). The zero-order valence-corrected chi connectivity index (χ0v) is 12.5. The molecule has 2 saturated heterocycles. The smallest absolute Gasteiger partial charge is 0.0244 e. The lowest BCUT2D eigenvalue weighted by molar-refractivity contribution is 0.0482. The molecule has 2 aliphatic heterocycles. The summed E-state index contributed by atoms with van der Waals surface area (Å²) in [6, 6.07) is 1.72. The van der Waals surface area contributed by atoms with Crippen molar-refractivity contribution >= 4 is 0 Å². The number of hydrogen-bond donors (Lipinski definition) is 0. The molecule has 2 heterocycles. The maximum atomic E-state index is 2.82. The third kappa shape index (κ3) is 2.46. The molecular weight excluding hydrogens is 220 g/mol. The van der Waals surface area contributed by atoms with Crippen LogP contribution < -0.4 is 0 Å². The Hall–Kier alpha value is -0.0800. The minimum absolute atomic E-state index is 0.371. The van der Waals surface area contributed by atoms with Crippen molar-refractivity contribution in [2.24, 2.45) is 5.92 Å². The van der Waals surface area contributed by atoms with Gasteiger partial charge in [0.25, 0.3) is 0 Å². The molecule has 1 aliphatic carbocycles. The molecule has 0 aromatic rings. The molecule has 2 heteroatoms. The molecule has 2 nitrogen and oxygen atoms in total. The first kappa shape index (κ1) is 12.9. The van der Waals surface area contributed by atoms with Gasteiger partial charge in [-0.15, -0.1) is 0 Å². The molecule has 0 amide bonds. The second kappa shape index (κ2) is 4.79. The van der Waals surface area contributed by atoms with Crippen LogP contribution in [0.3, 0.4) is 0 Å². The van der Waals surface area contributed by atoms with Gasteiger partial charge in [0.1, 0.15) is 0 Å². The largest absolute Gasteiger partial charge is 0.297 e. The van der Waals surface area contributed by atoms with Crippen LogP contribution in [0.15, 0.2) is 0 Å². The number of likely N-dealkylation sites (tertiary alicyclic amines) is 2. The van der Waals surface area contributed by atoms with E-state index >= 15 is 0 Å². The lowest BCUT2D eigenvalue weighted by Gasteiger charge is -2.43. The summed E-state index contributed by atoms with van der Waals surface area (Å²) in [4.78, 5) is 5.57. The Balaban J connectivity index is 1.54. The molecule has 0 unspecified atom stereocenters. The Labute approximate surface area is 113 Å². The van der Waals surface area contributed by atoms with Gasteiger partial charge in [0, 0.05) is 37.3 Å². The maximum Gasteiger partial charge on any atom is 0.0244 e. The van der Waals surface area contributed by atoms with E-state index in [0.29, 0.717) is 5.54 Å². The van der Waals surface area contributed by atoms with Crippen LogP contribution in [0.5, 0.6) is 0 Å². The SMILES string of the molecule is CC(C)(C)N1C[C@@H]2C[C@H]1CN2CC1CCCCC1. The monoisotopic (exact) mass is 250 g/mol. The van der Waals surface area contributed by atoms with Crippen molar-refractivity contribution in [2.45, 2.75) is 76.9 Å². The van der Waals surface area contributed by atoms with E-state index in [9.17, 15) is 0 Å². The minimum Gasteiger partial charge on any atom is -0.297 e. The summed E-state index contributed by atoms with van der Waals surface area (Å²) in [5.74, 6) is 1.01. The Morgan fingerprint density at radius 2 is 1.67 bits per heavy atom. The van der Waals surface area contributed by atoms with Gasteiger partial charge in [-0.05, 0) is 46.0 Å². The van der Waals surface area contributed by atoms with E-state index in [0.717, 1.165) is 18.0 Å². The fourth-order valence-corrected chi connectivity index (χ4v) is 4.50. The molecule has 0 N–H and O–H groups in total. The fraction of sp³-hybridized carbons (Fsp3) is 1.00. The highest BCUT2D eigenvalue weighted by Crippen LogP contribution is 2.37. The van der Waals surface area contributed by atoms with Crippen LogP contribution >= 0.6 is 0 Å². The van der Waals surface area contributed by atoms with Gasteiger partial charge in [0.2, 0.25) is 0 Å². The van der Waals surface area contributed by atoms with Crippen molar-refractivity contribution in [1.29, 1.82) is 0 Å². The van der Waals surface area contributed by atoms with E-state index in [2.05, 4.69) is 30.6 Å². The fourth-order valence-electron chi connectivity index (χ4n) is 4.50. The van der Waals surface area contributed by atoms with Crippen molar-refractivity contribution in [3.8, 4) is 0 Å². The summed E-state index contributed by atoms with van der Waals surface area (Å²) in [7, 11) is 0. The summed E-state index contributed by atoms with van der Waals surface area (Å²) in [6.07, 6.45) is 8.89. The highest BCUT2D eigenvalue weighted by molar-refractivity contribution is 5.03. The normalized spacial score (nSPS) is 35.5. The molecule has 1 saturated carbocycles. The van der Waals surface area contributed by atoms with E-state index in [4.69, 9.17) is 0 Å². The van der Waals surface area contributed by atoms with E-state index in [1.165, 1.54) is 58.2 Å². The molecule has 0 radical (unpaired) electrons. The maximum absolute atomic E-state index is 2.82. The molecule has 0 spiro atoms. The van der Waals surface area contributed by atoms with Gasteiger partial charge in [-0.25, -0.2) is 0 Å². The number of hydrogen-bond acceptors (Lipinski definition) is 2. The second-order valence-electron chi connectivity index (χ2n) is 7.82. The van der Waals surface area contributed by atoms with Crippen molar-refractivity contribution in [3.05, 3.63) is 0 Å². The van der Waals surface area contributed by atoms with E-state index in [-0.39, 0.29) is 0 Å². The van der Waals surface area contributed by atoms with Gasteiger partial charge >= 0.3 is 0 Å². The predicted octanol–water partition coefficient (Wildman–Crippen LogP) is 3.12. The van der Waals surface area contributed by atoms with Crippen LogP contribution in [0, 0.1) is 5.92 Å². The second-order valence-corrected chi connectivity index (χ2v) is 7.82. The Morgan fingerprint density at radius 3 is 2.22 bits per heavy atom. The van der Waals surface area contributed by atoms with Crippen molar-refractivity contribution in [1.82, 2.24) is 9.80 Å². The van der Waals surface area contributed by atoms with Crippen molar-refractivity contribution < 1.29 is 0 Å². The van der Waals surface area contributed by atoms with Gasteiger partial charge < -0.3 is 0 Å². The lowest BCUT2D eigenvalue weighted by Crippen LogP contribution is -2.54. The van der Waals surface area contributed by atoms with Crippen LogP contribution in [0.25, 0.3) is 0 Å². The van der Waals surface area contributed by atoms with Crippen molar-refractivity contribution in [3.63, 3.8) is 0 Å². The van der Waals surface area contributed by atoms with Gasteiger partial charge in [0.05, 0.1) is 0 Å². The molecule has 2 bridgehead atoms. The van der Waals surface area contributed by atoms with E-state index < -0.39 is 0 Å². The summed E-state index contributed by atoms with van der Waals surface area (Å²) < 4.78 is 0. The minimum atomic E-state index is 0.371. The van der Waals surface area contributed by atoms with E-state index in [1.54, 1.807) is 0 Å². The lowest BCUT2D eigenvalue weighted by atomic mass is 9.88. The van der Waals surface area contributed by atoms with Gasteiger partial charge in [-0.1, -0.05) is 19.3 Å². The molecular formula is C16H30N2. The number of fused-ring (bicyclic) bond motifs is 2. The van der Waals surface area contributed by atoms with Crippen LogP contribution in [0.1, 0.15) is 59.3 Å². The molecule has 104 valence electrons. The van der Waals surface area contributed by atoms with Gasteiger partial charge in [-0.2, -0.15) is 0 Å². The molecule has 2 atom stereocenters. The van der Waals surface area contributed by atoms with Crippen LogP contribution in [0.2, 0.25) is 0 Å². The zero-order chi connectivity index (χ0) is 12.8. The summed E-state index contributed by atoms with van der Waals surface area (Å²) in [5.41, 5.74) is 0.371. The Morgan fingerprint density at radius 1 is 0.944 bits per heavy atom. The standard InChI is InChI=1S/C16H30N2/c1-16(2,3)18-12-14-9-15(18)11-17(14)10-13-7-5-4-6-8-13/h13-15H,4-12H2,1-3H3/t14-,15-/m0/s1. The number of nitrogens with zero attached hydrogens (tertiary/aromatic N) is 2. The van der Waals surface area contributed by atoms with Crippen LogP contribution in [-0.2, 0) is 0 Å². The number of piperazine rings is 1. The van der Waals surface area contributed by atoms with E-state index in [1.807, 2.05) is 0 Å². The highest BCUT2D eigenvalue weighted by atomic mass is 15.4. The quantitative estimate of drug-likeness (QED) is 0.743. The van der Waals surface area contributed by atoms with Crippen molar-refractivity contribution in [2.75, 3.05) is 19.6 Å². The summed E-state index contributed by atoms with van der Waals surface area (Å²) >= 11 is 0. The molecule has 0 aromatic carbocycles. The molecule has 0 aromatic heterocycles. The molecule has 18 heavy (non-hydrogen) atoms. The van der Waals surface area contributed by atoms with Gasteiger partial charge in [-0.3, -0.25) is 9.80 Å². The highest BCUT2D eigenvalue weighted by Gasteiger charge is 2.46. The summed E-state index contributed by atoms with van der Waals surface area (Å²) in [6.45, 7) is 11.2. The third-order valence-electron chi connectivity index (χ3n) is 5.43. The zero-order valence-electron chi connectivity index (χ0n) is 12.5. The van der Waals surface area contributed by atoms with Crippen LogP contribution in [0.4, 0.5) is 0 Å². The average Bonchev–Trinajstić information content (AvgIpc) is 2.89. The Kier molecular flexibility index (Phi) is 3.44. The molecule has 3 aliphatic rings. The summed E-state index contributed by atoms with van der Waals surface area (Å²) in [5, 5.41) is 0. The Bertz CT molecular complexity index is 288. The van der Waals surface area contributed by atoms with Crippen LogP contribution in [-0.4, -0.2) is 47.1 Å². The van der Waals surface area contributed by atoms with Gasteiger partial charge in [0.15, 0.2) is 0 Å². The number of rotatable bonds is 2. The first-order chi connectivity index (χ1) is 8.54. The molecule has 3 fully saturated rings. The third-order valence-corrected chi connectivity index (χ3v) is 5.43. The predicted molar refractivity (Wildman–Crippen MR) is 76.8 cm³/mol. The average molecular weight is 250 g/mol. The first-order valence-corrected chi connectivity index (χ1v) is 8.05. The first-order valence-electron chi connectivity index (χ1n) is 8.05. The topological polar surface area (TPSA) is 6.48 Å².